The van der Waals surface area contributed by atoms with Gasteiger partial charge >= 0.3 is 0 Å². The second kappa shape index (κ2) is 9.69. The number of nitrogens with one attached hydrogen (secondary N) is 2. The molecule has 0 aliphatic carbocycles. The molecular formula is C20H23BrN2O2S. The molecule has 2 rings (SSSR count). The number of para-hydroxylation sites is 1. The number of benzene rings is 2. The maximum atomic E-state index is 12.6. The molecule has 1 amide bonds. The van der Waals surface area contributed by atoms with E-state index in [9.17, 15) is 4.79 Å². The first kappa shape index (κ1) is 20.4. The number of ether oxygens (including phenoxy) is 1. The van der Waals surface area contributed by atoms with Crippen LogP contribution in [0.25, 0.3) is 0 Å². The fraction of sp³-hybridized carbons (Fsp3) is 0.300. The molecular weight excluding hydrogens is 412 g/mol. The molecule has 0 saturated carbocycles. The number of carbonyl (C=O) groups excluding carboxylic acids is 1. The van der Waals surface area contributed by atoms with Gasteiger partial charge in [-0.1, -0.05) is 32.0 Å². The monoisotopic (exact) mass is 434 g/mol. The zero-order valence-electron chi connectivity index (χ0n) is 15.1. The molecule has 2 aromatic rings. The van der Waals surface area contributed by atoms with Crippen LogP contribution in [0.1, 0.15) is 36.2 Å². The van der Waals surface area contributed by atoms with Crippen LogP contribution in [0.15, 0.2) is 46.9 Å². The third-order valence-corrected chi connectivity index (χ3v) is 4.54. The molecule has 6 heteroatoms. The Hall–Kier alpha value is -1.92. The van der Waals surface area contributed by atoms with E-state index in [4.69, 9.17) is 17.0 Å². The summed E-state index contributed by atoms with van der Waals surface area (Å²) in [6.45, 7) is 6.84. The third-order valence-electron chi connectivity index (χ3n) is 3.68. The lowest BCUT2D eigenvalue weighted by molar-refractivity contribution is 0.0973. The van der Waals surface area contributed by atoms with Crippen molar-refractivity contribution in [2.45, 2.75) is 27.2 Å². The van der Waals surface area contributed by atoms with Gasteiger partial charge in [0.05, 0.1) is 17.9 Å². The molecule has 0 aliphatic rings. The lowest BCUT2D eigenvalue weighted by atomic mass is 10.1. The number of hydrogen-bond donors (Lipinski definition) is 2. The highest BCUT2D eigenvalue weighted by Gasteiger charge is 2.14. The van der Waals surface area contributed by atoms with Crippen LogP contribution in [0.5, 0.6) is 5.75 Å². The van der Waals surface area contributed by atoms with Crippen molar-refractivity contribution in [2.75, 3.05) is 11.9 Å². The molecule has 26 heavy (non-hydrogen) atoms. The van der Waals surface area contributed by atoms with Crippen LogP contribution in [-0.2, 0) is 0 Å². The van der Waals surface area contributed by atoms with Crippen LogP contribution in [0.3, 0.4) is 0 Å². The van der Waals surface area contributed by atoms with Crippen LogP contribution in [0.2, 0.25) is 0 Å². The standard InChI is InChI=1S/C20H23BrN2O2S/c1-13(2)10-11-25-18-7-5-4-6-15(18)19(24)23-20(26)22-17-9-8-14(3)12-16(17)21/h4-9,12-13H,10-11H2,1-3H3,(H2,22,23,24,26). The van der Waals surface area contributed by atoms with E-state index in [1.54, 1.807) is 18.2 Å². The Morgan fingerprint density at radius 3 is 2.65 bits per heavy atom. The van der Waals surface area contributed by atoms with Crippen LogP contribution in [0, 0.1) is 12.8 Å². The van der Waals surface area contributed by atoms with Crippen molar-refractivity contribution in [3.05, 3.63) is 58.1 Å². The van der Waals surface area contributed by atoms with Gasteiger partial charge in [-0.15, -0.1) is 0 Å². The summed E-state index contributed by atoms with van der Waals surface area (Å²) in [5.74, 6) is 0.802. The summed E-state index contributed by atoms with van der Waals surface area (Å²) >= 11 is 8.75. The minimum absolute atomic E-state index is 0.233. The fourth-order valence-corrected chi connectivity index (χ4v) is 3.03. The van der Waals surface area contributed by atoms with Crippen molar-refractivity contribution in [2.24, 2.45) is 5.92 Å². The molecule has 4 nitrogen and oxygen atoms in total. The lowest BCUT2D eigenvalue weighted by Crippen LogP contribution is -2.34. The summed E-state index contributed by atoms with van der Waals surface area (Å²) in [5.41, 5.74) is 2.38. The van der Waals surface area contributed by atoms with Crippen molar-refractivity contribution in [1.82, 2.24) is 5.32 Å². The highest BCUT2D eigenvalue weighted by atomic mass is 79.9. The lowest BCUT2D eigenvalue weighted by Gasteiger charge is -2.14. The van der Waals surface area contributed by atoms with E-state index in [0.29, 0.717) is 23.8 Å². The Balaban J connectivity index is 2.01. The maximum absolute atomic E-state index is 12.6. The number of rotatable bonds is 6. The summed E-state index contributed by atoms with van der Waals surface area (Å²) < 4.78 is 6.65. The zero-order chi connectivity index (χ0) is 19.1. The van der Waals surface area contributed by atoms with E-state index in [-0.39, 0.29) is 11.0 Å². The largest absolute Gasteiger partial charge is 0.493 e. The van der Waals surface area contributed by atoms with E-state index in [2.05, 4.69) is 40.4 Å². The number of carbonyl (C=O) groups is 1. The summed E-state index contributed by atoms with van der Waals surface area (Å²) in [6.07, 6.45) is 0.928. The van der Waals surface area contributed by atoms with Gasteiger partial charge in [0, 0.05) is 4.47 Å². The van der Waals surface area contributed by atoms with Crippen molar-refractivity contribution in [3.63, 3.8) is 0 Å². The van der Waals surface area contributed by atoms with Gasteiger partial charge in [0.15, 0.2) is 5.11 Å². The Kier molecular flexibility index (Phi) is 7.60. The van der Waals surface area contributed by atoms with E-state index < -0.39 is 0 Å². The topological polar surface area (TPSA) is 50.4 Å². The van der Waals surface area contributed by atoms with Crippen molar-refractivity contribution in [1.29, 1.82) is 0 Å². The molecule has 0 aliphatic heterocycles. The van der Waals surface area contributed by atoms with E-state index in [0.717, 1.165) is 22.1 Å². The first-order valence-corrected chi connectivity index (χ1v) is 9.67. The second-order valence-corrected chi connectivity index (χ2v) is 7.68. The van der Waals surface area contributed by atoms with Crippen molar-refractivity contribution in [3.8, 4) is 5.75 Å². The van der Waals surface area contributed by atoms with Gasteiger partial charge in [0.25, 0.3) is 5.91 Å². The Labute approximate surface area is 168 Å². The number of halogens is 1. The van der Waals surface area contributed by atoms with E-state index in [1.165, 1.54) is 0 Å². The van der Waals surface area contributed by atoms with Gasteiger partial charge in [-0.3, -0.25) is 10.1 Å². The third kappa shape index (κ3) is 6.11. The van der Waals surface area contributed by atoms with Gasteiger partial charge in [0.2, 0.25) is 0 Å². The predicted molar refractivity (Wildman–Crippen MR) is 114 cm³/mol. The molecule has 0 bridgehead atoms. The SMILES string of the molecule is Cc1ccc(NC(=S)NC(=O)c2ccccc2OCCC(C)C)c(Br)c1. The number of hydrogen-bond acceptors (Lipinski definition) is 3. The van der Waals surface area contributed by atoms with Crippen molar-refractivity contribution < 1.29 is 9.53 Å². The Bertz CT molecular complexity index is 793. The van der Waals surface area contributed by atoms with Crippen LogP contribution in [-0.4, -0.2) is 17.6 Å². The minimum atomic E-state index is -0.300. The average molecular weight is 435 g/mol. The molecule has 2 N–H and O–H groups in total. The first-order chi connectivity index (χ1) is 12.4. The summed E-state index contributed by atoms with van der Waals surface area (Å²) in [4.78, 5) is 12.6. The number of anilines is 1. The molecule has 0 atom stereocenters. The highest BCUT2D eigenvalue weighted by molar-refractivity contribution is 9.10. The normalized spacial score (nSPS) is 10.5. The van der Waals surface area contributed by atoms with E-state index in [1.807, 2.05) is 31.2 Å². The zero-order valence-corrected chi connectivity index (χ0v) is 17.5. The maximum Gasteiger partial charge on any atom is 0.261 e. The van der Waals surface area contributed by atoms with Gasteiger partial charge in [-0.25, -0.2) is 0 Å². The van der Waals surface area contributed by atoms with Gasteiger partial charge in [-0.05, 0) is 77.2 Å². The molecule has 0 heterocycles. The molecule has 0 unspecified atom stereocenters. The smallest absolute Gasteiger partial charge is 0.261 e. The number of amides is 1. The van der Waals surface area contributed by atoms with Crippen LogP contribution in [0.4, 0.5) is 5.69 Å². The van der Waals surface area contributed by atoms with Gasteiger partial charge in [0.1, 0.15) is 5.75 Å². The minimum Gasteiger partial charge on any atom is -0.493 e. The quantitative estimate of drug-likeness (QED) is 0.604. The molecule has 2 aromatic carbocycles. The number of aryl methyl sites for hydroxylation is 1. The van der Waals surface area contributed by atoms with Crippen molar-refractivity contribution >= 4 is 44.9 Å². The molecule has 0 saturated heterocycles. The fourth-order valence-electron chi connectivity index (χ4n) is 2.23. The summed E-state index contributed by atoms with van der Waals surface area (Å²) in [6, 6.07) is 13.0. The van der Waals surface area contributed by atoms with Crippen LogP contribution >= 0.6 is 28.1 Å². The average Bonchev–Trinajstić information content (AvgIpc) is 2.57. The first-order valence-electron chi connectivity index (χ1n) is 8.47. The van der Waals surface area contributed by atoms with Gasteiger partial charge < -0.3 is 10.1 Å². The summed E-state index contributed by atoms with van der Waals surface area (Å²) in [5, 5.41) is 5.97. The van der Waals surface area contributed by atoms with Gasteiger partial charge in [-0.2, -0.15) is 0 Å². The second-order valence-electron chi connectivity index (χ2n) is 6.42. The number of thiocarbonyl (C=S) groups is 1. The molecule has 0 fully saturated rings. The molecule has 0 radical (unpaired) electrons. The molecule has 138 valence electrons. The predicted octanol–water partition coefficient (Wildman–Crippen LogP) is 5.31. The summed E-state index contributed by atoms with van der Waals surface area (Å²) in [7, 11) is 0. The highest BCUT2D eigenvalue weighted by Crippen LogP contribution is 2.23. The Morgan fingerprint density at radius 2 is 1.96 bits per heavy atom. The van der Waals surface area contributed by atoms with E-state index >= 15 is 0 Å². The van der Waals surface area contributed by atoms with Crippen LogP contribution < -0.4 is 15.4 Å². The molecule has 0 spiro atoms. The molecule has 0 aromatic heterocycles. The Morgan fingerprint density at radius 1 is 1.23 bits per heavy atom.